The molecule has 3 unspecified atom stereocenters. The van der Waals surface area contributed by atoms with E-state index >= 15 is 0 Å². The van der Waals surface area contributed by atoms with Crippen molar-refractivity contribution >= 4 is 11.9 Å². The molecule has 0 spiro atoms. The molecule has 1 heterocycles. The molecule has 0 aromatic carbocycles. The number of esters is 1. The lowest BCUT2D eigenvalue weighted by Crippen LogP contribution is -2.39. The van der Waals surface area contributed by atoms with Crippen molar-refractivity contribution < 1.29 is 28.5 Å². The molecule has 0 radical (unpaired) electrons. The van der Waals surface area contributed by atoms with Gasteiger partial charge in [-0.2, -0.15) is 0 Å². The van der Waals surface area contributed by atoms with Gasteiger partial charge in [-0.1, -0.05) is 0 Å². The first-order valence-electron chi connectivity index (χ1n) is 7.75. The van der Waals surface area contributed by atoms with Gasteiger partial charge in [-0.3, -0.25) is 4.79 Å². The van der Waals surface area contributed by atoms with Gasteiger partial charge < -0.3 is 24.3 Å². The summed E-state index contributed by atoms with van der Waals surface area (Å²) in [5, 5.41) is 2.68. The second-order valence-corrected chi connectivity index (χ2v) is 5.33. The maximum absolute atomic E-state index is 11.9. The van der Waals surface area contributed by atoms with Gasteiger partial charge in [0.05, 0.1) is 12.7 Å². The number of nitrogens with one attached hydrogen (secondary N) is 1. The van der Waals surface area contributed by atoms with E-state index in [2.05, 4.69) is 5.32 Å². The Hall–Kier alpha value is -1.18. The molecule has 1 rings (SSSR count). The number of rotatable bonds is 10. The highest BCUT2D eigenvalue weighted by atomic mass is 16.6. The molecule has 0 aliphatic carbocycles. The van der Waals surface area contributed by atoms with Crippen LogP contribution in [0.25, 0.3) is 0 Å². The Bertz CT molecular complexity index is 343. The Balaban J connectivity index is 2.19. The first-order chi connectivity index (χ1) is 10.5. The third-order valence-electron chi connectivity index (χ3n) is 3.37. The second-order valence-electron chi connectivity index (χ2n) is 5.33. The summed E-state index contributed by atoms with van der Waals surface area (Å²) in [4.78, 5) is 23.6. The SMILES string of the molecule is COCCCNC(=O)C(C)OC(=O)C(C)OCC1CCCO1. The summed E-state index contributed by atoms with van der Waals surface area (Å²) in [6.07, 6.45) is 1.17. The molecule has 128 valence electrons. The molecule has 1 saturated heterocycles. The highest BCUT2D eigenvalue weighted by molar-refractivity contribution is 5.84. The van der Waals surface area contributed by atoms with Crippen LogP contribution < -0.4 is 5.32 Å². The normalized spacial score (nSPS) is 20.4. The van der Waals surface area contributed by atoms with Crippen LogP contribution in [0.5, 0.6) is 0 Å². The van der Waals surface area contributed by atoms with Crippen LogP contribution in [0.2, 0.25) is 0 Å². The summed E-state index contributed by atoms with van der Waals surface area (Å²) in [6, 6.07) is 0. The maximum Gasteiger partial charge on any atom is 0.335 e. The fourth-order valence-corrected chi connectivity index (χ4v) is 1.99. The van der Waals surface area contributed by atoms with E-state index in [1.54, 1.807) is 14.0 Å². The fourth-order valence-electron chi connectivity index (χ4n) is 1.99. The molecule has 7 heteroatoms. The molecule has 1 N–H and O–H groups in total. The molecule has 1 aliphatic heterocycles. The Morgan fingerprint density at radius 1 is 1.32 bits per heavy atom. The number of ether oxygens (including phenoxy) is 4. The predicted molar refractivity (Wildman–Crippen MR) is 79.4 cm³/mol. The van der Waals surface area contributed by atoms with Gasteiger partial charge in [0.25, 0.3) is 5.91 Å². The fraction of sp³-hybridized carbons (Fsp3) is 0.867. The molecule has 0 aromatic rings. The molecule has 1 amide bonds. The van der Waals surface area contributed by atoms with E-state index in [4.69, 9.17) is 18.9 Å². The van der Waals surface area contributed by atoms with E-state index in [0.717, 1.165) is 19.4 Å². The third-order valence-corrected chi connectivity index (χ3v) is 3.37. The van der Waals surface area contributed by atoms with Gasteiger partial charge in [0.2, 0.25) is 0 Å². The topological polar surface area (TPSA) is 83.1 Å². The van der Waals surface area contributed by atoms with Crippen LogP contribution in [-0.2, 0) is 28.5 Å². The quantitative estimate of drug-likeness (QED) is 0.471. The molecule has 22 heavy (non-hydrogen) atoms. The van der Waals surface area contributed by atoms with Crippen molar-refractivity contribution in [2.75, 3.05) is 33.5 Å². The Morgan fingerprint density at radius 3 is 2.73 bits per heavy atom. The van der Waals surface area contributed by atoms with Crippen LogP contribution in [0.1, 0.15) is 33.1 Å². The average molecular weight is 317 g/mol. The number of methoxy groups -OCH3 is 1. The van der Waals surface area contributed by atoms with E-state index in [-0.39, 0.29) is 12.0 Å². The summed E-state index contributed by atoms with van der Waals surface area (Å²) in [7, 11) is 1.60. The van der Waals surface area contributed by atoms with E-state index in [1.807, 2.05) is 0 Å². The number of carbonyl (C=O) groups is 2. The van der Waals surface area contributed by atoms with Crippen LogP contribution in [-0.4, -0.2) is 63.7 Å². The van der Waals surface area contributed by atoms with Crippen molar-refractivity contribution in [2.45, 2.75) is 51.4 Å². The van der Waals surface area contributed by atoms with Crippen molar-refractivity contribution in [1.82, 2.24) is 5.32 Å². The van der Waals surface area contributed by atoms with Gasteiger partial charge in [0, 0.05) is 26.9 Å². The van der Waals surface area contributed by atoms with Crippen molar-refractivity contribution in [3.8, 4) is 0 Å². The van der Waals surface area contributed by atoms with Crippen LogP contribution in [0.3, 0.4) is 0 Å². The summed E-state index contributed by atoms with van der Waals surface area (Å²) in [6.45, 7) is 5.32. The van der Waals surface area contributed by atoms with Gasteiger partial charge in [0.1, 0.15) is 0 Å². The molecular formula is C15H27NO6. The standard InChI is InChI=1S/C15H27NO6/c1-11(14(17)16-7-5-8-19-3)22-15(18)12(2)21-10-13-6-4-9-20-13/h11-13H,4-10H2,1-3H3,(H,16,17). The molecule has 3 atom stereocenters. The number of hydrogen-bond acceptors (Lipinski definition) is 6. The lowest BCUT2D eigenvalue weighted by atomic mass is 10.2. The Kier molecular flexibility index (Phi) is 9.03. The summed E-state index contributed by atoms with van der Waals surface area (Å²) in [5.41, 5.74) is 0. The number of carbonyl (C=O) groups excluding carboxylic acids is 2. The molecule has 7 nitrogen and oxygen atoms in total. The van der Waals surface area contributed by atoms with Gasteiger partial charge in [-0.25, -0.2) is 4.79 Å². The number of amides is 1. The molecule has 0 saturated carbocycles. The van der Waals surface area contributed by atoms with E-state index in [1.165, 1.54) is 6.92 Å². The molecular weight excluding hydrogens is 290 g/mol. The van der Waals surface area contributed by atoms with Gasteiger partial charge in [-0.05, 0) is 33.1 Å². The zero-order valence-electron chi connectivity index (χ0n) is 13.6. The lowest BCUT2D eigenvalue weighted by molar-refractivity contribution is -0.166. The van der Waals surface area contributed by atoms with Crippen LogP contribution >= 0.6 is 0 Å². The second kappa shape index (κ2) is 10.5. The van der Waals surface area contributed by atoms with Crippen molar-refractivity contribution in [1.29, 1.82) is 0 Å². The molecule has 1 aliphatic rings. The smallest absolute Gasteiger partial charge is 0.335 e. The first-order valence-corrected chi connectivity index (χ1v) is 7.75. The van der Waals surface area contributed by atoms with Crippen LogP contribution in [0.4, 0.5) is 0 Å². The maximum atomic E-state index is 11.9. The molecule has 0 bridgehead atoms. The third kappa shape index (κ3) is 7.20. The largest absolute Gasteiger partial charge is 0.451 e. The highest BCUT2D eigenvalue weighted by Gasteiger charge is 2.24. The van der Waals surface area contributed by atoms with E-state index < -0.39 is 18.2 Å². The predicted octanol–water partition coefficient (Wildman–Crippen LogP) is 0.655. The zero-order chi connectivity index (χ0) is 16.4. The summed E-state index contributed by atoms with van der Waals surface area (Å²) < 4.78 is 20.8. The average Bonchev–Trinajstić information content (AvgIpc) is 3.02. The Morgan fingerprint density at radius 2 is 2.09 bits per heavy atom. The minimum Gasteiger partial charge on any atom is -0.451 e. The molecule has 1 fully saturated rings. The van der Waals surface area contributed by atoms with E-state index in [9.17, 15) is 9.59 Å². The zero-order valence-corrected chi connectivity index (χ0v) is 13.6. The van der Waals surface area contributed by atoms with Gasteiger partial charge in [-0.15, -0.1) is 0 Å². The van der Waals surface area contributed by atoms with Gasteiger partial charge in [0.15, 0.2) is 12.2 Å². The van der Waals surface area contributed by atoms with Crippen molar-refractivity contribution in [3.05, 3.63) is 0 Å². The van der Waals surface area contributed by atoms with Crippen molar-refractivity contribution in [3.63, 3.8) is 0 Å². The lowest BCUT2D eigenvalue weighted by Gasteiger charge is -2.18. The molecule has 0 aromatic heterocycles. The van der Waals surface area contributed by atoms with Gasteiger partial charge >= 0.3 is 5.97 Å². The van der Waals surface area contributed by atoms with Crippen LogP contribution in [0.15, 0.2) is 0 Å². The van der Waals surface area contributed by atoms with E-state index in [0.29, 0.717) is 26.2 Å². The minimum atomic E-state index is -0.844. The van der Waals surface area contributed by atoms with Crippen molar-refractivity contribution in [2.24, 2.45) is 0 Å². The number of hydrogen-bond donors (Lipinski definition) is 1. The summed E-state index contributed by atoms with van der Waals surface area (Å²) >= 11 is 0. The highest BCUT2D eigenvalue weighted by Crippen LogP contribution is 2.13. The summed E-state index contributed by atoms with van der Waals surface area (Å²) in [5.74, 6) is -0.867. The monoisotopic (exact) mass is 317 g/mol. The Labute approximate surface area is 131 Å². The van der Waals surface area contributed by atoms with Crippen LogP contribution in [0, 0.1) is 0 Å². The first kappa shape index (κ1) is 18.9. The minimum absolute atomic E-state index is 0.0526.